The molecule has 0 unspecified atom stereocenters. The highest BCUT2D eigenvalue weighted by molar-refractivity contribution is 7.90. The van der Waals surface area contributed by atoms with Gasteiger partial charge in [-0.1, -0.05) is 6.07 Å². The molecular formula is C20H18F3NO5S. The Hall–Kier alpha value is -3.01. The molecule has 3 aromatic rings. The van der Waals surface area contributed by atoms with E-state index in [1.54, 1.807) is 6.07 Å². The van der Waals surface area contributed by atoms with Crippen LogP contribution in [-0.4, -0.2) is 30.6 Å². The van der Waals surface area contributed by atoms with Crippen LogP contribution in [0.15, 0.2) is 53.4 Å². The number of halogens is 3. The van der Waals surface area contributed by atoms with Crippen molar-refractivity contribution in [2.75, 3.05) is 7.11 Å². The fourth-order valence-corrected chi connectivity index (χ4v) is 4.77. The van der Waals surface area contributed by atoms with Crippen molar-refractivity contribution >= 4 is 26.9 Å². The largest absolute Gasteiger partial charge is 0.497 e. The molecule has 0 spiro atoms. The maximum Gasteiger partial charge on any atom is 0.416 e. The molecule has 6 nitrogen and oxygen atoms in total. The smallest absolute Gasteiger partial charge is 0.416 e. The molecule has 0 radical (unpaired) electrons. The normalized spacial score (nSPS) is 12.3. The molecule has 0 atom stereocenters. The lowest BCUT2D eigenvalue weighted by Gasteiger charge is -2.13. The fraction of sp³-hybridized carbons (Fsp3) is 0.250. The summed E-state index contributed by atoms with van der Waals surface area (Å²) in [5, 5.41) is 8.96. The fourth-order valence-electron chi connectivity index (χ4n) is 3.17. The number of rotatable bonds is 7. The van der Waals surface area contributed by atoms with E-state index in [4.69, 9.17) is 9.84 Å². The van der Waals surface area contributed by atoms with E-state index in [1.807, 2.05) is 0 Å². The Morgan fingerprint density at radius 2 is 1.87 bits per heavy atom. The Labute approximate surface area is 170 Å². The number of carboxylic acids is 1. The molecule has 1 aromatic heterocycles. The Balaban J connectivity index is 2.19. The van der Waals surface area contributed by atoms with Gasteiger partial charge in [-0.05, 0) is 49.2 Å². The predicted molar refractivity (Wildman–Crippen MR) is 103 cm³/mol. The SMILES string of the molecule is COc1cccc(S(=O)(=O)n2c(CCCC(=O)O)cc3cc(C(F)(F)F)ccc32)c1. The van der Waals surface area contributed by atoms with Crippen LogP contribution in [-0.2, 0) is 27.4 Å². The number of aryl methyl sites for hydroxylation is 1. The number of carboxylic acid groups (broad SMARTS) is 1. The predicted octanol–water partition coefficient (Wildman–Crippen LogP) is 4.31. The van der Waals surface area contributed by atoms with E-state index < -0.39 is 27.7 Å². The quantitative estimate of drug-likeness (QED) is 0.591. The molecule has 0 aliphatic rings. The zero-order valence-corrected chi connectivity index (χ0v) is 16.6. The average molecular weight is 441 g/mol. The highest BCUT2D eigenvalue weighted by Gasteiger charge is 2.32. The maximum atomic E-state index is 13.3. The molecule has 1 N–H and O–H groups in total. The summed E-state index contributed by atoms with van der Waals surface area (Å²) in [7, 11) is -2.79. The number of hydrogen-bond acceptors (Lipinski definition) is 4. The molecule has 0 amide bonds. The van der Waals surface area contributed by atoms with Crippen LogP contribution in [0, 0.1) is 0 Å². The van der Waals surface area contributed by atoms with Crippen LogP contribution in [0.5, 0.6) is 5.75 Å². The molecule has 0 aliphatic heterocycles. The number of hydrogen-bond donors (Lipinski definition) is 1. The zero-order valence-electron chi connectivity index (χ0n) is 15.8. The van der Waals surface area contributed by atoms with Gasteiger partial charge in [-0.25, -0.2) is 12.4 Å². The molecule has 0 bridgehead atoms. The summed E-state index contributed by atoms with van der Waals surface area (Å²) in [5.41, 5.74) is -0.618. The van der Waals surface area contributed by atoms with Gasteiger partial charge < -0.3 is 9.84 Å². The Morgan fingerprint density at radius 1 is 1.13 bits per heavy atom. The molecule has 0 saturated heterocycles. The molecule has 160 valence electrons. The molecule has 0 aliphatic carbocycles. The van der Waals surface area contributed by atoms with Crippen LogP contribution in [0.4, 0.5) is 13.2 Å². The third-order valence-corrected chi connectivity index (χ3v) is 6.32. The van der Waals surface area contributed by atoms with Crippen molar-refractivity contribution in [2.24, 2.45) is 0 Å². The van der Waals surface area contributed by atoms with Crippen molar-refractivity contribution in [3.63, 3.8) is 0 Å². The lowest BCUT2D eigenvalue weighted by atomic mass is 10.1. The number of aromatic nitrogens is 1. The molecule has 3 rings (SSSR count). The maximum absolute atomic E-state index is 13.3. The van der Waals surface area contributed by atoms with Gasteiger partial charge in [0.05, 0.1) is 23.1 Å². The van der Waals surface area contributed by atoms with Gasteiger partial charge in [0.15, 0.2) is 0 Å². The van der Waals surface area contributed by atoms with E-state index in [2.05, 4.69) is 0 Å². The lowest BCUT2D eigenvalue weighted by molar-refractivity contribution is -0.138. The molecule has 1 heterocycles. The van der Waals surface area contributed by atoms with Crippen LogP contribution in [0.3, 0.4) is 0 Å². The van der Waals surface area contributed by atoms with Gasteiger partial charge in [0.2, 0.25) is 0 Å². The molecular weight excluding hydrogens is 423 g/mol. The summed E-state index contributed by atoms with van der Waals surface area (Å²) in [6.07, 6.45) is -4.59. The number of nitrogens with zero attached hydrogens (tertiary/aromatic N) is 1. The van der Waals surface area contributed by atoms with E-state index in [9.17, 15) is 26.4 Å². The topological polar surface area (TPSA) is 85.6 Å². The highest BCUT2D eigenvalue weighted by Crippen LogP contribution is 2.34. The van der Waals surface area contributed by atoms with E-state index in [1.165, 1.54) is 31.4 Å². The van der Waals surface area contributed by atoms with E-state index in [0.29, 0.717) is 5.75 Å². The number of fused-ring (bicyclic) bond motifs is 1. The van der Waals surface area contributed by atoms with Gasteiger partial charge in [0.25, 0.3) is 10.0 Å². The van der Waals surface area contributed by atoms with Gasteiger partial charge in [-0.2, -0.15) is 13.2 Å². The van der Waals surface area contributed by atoms with Crippen LogP contribution in [0.1, 0.15) is 24.1 Å². The highest BCUT2D eigenvalue weighted by atomic mass is 32.2. The minimum atomic E-state index is -4.58. The van der Waals surface area contributed by atoms with Crippen molar-refractivity contribution in [3.05, 3.63) is 59.8 Å². The van der Waals surface area contributed by atoms with Gasteiger partial charge in [0.1, 0.15) is 5.75 Å². The summed E-state index contributed by atoms with van der Waals surface area (Å²) >= 11 is 0. The third kappa shape index (κ3) is 4.28. The summed E-state index contributed by atoms with van der Waals surface area (Å²) in [6, 6.07) is 9.88. The first-order valence-electron chi connectivity index (χ1n) is 8.87. The van der Waals surface area contributed by atoms with E-state index in [-0.39, 0.29) is 40.8 Å². The first-order chi connectivity index (χ1) is 14.0. The Morgan fingerprint density at radius 3 is 2.50 bits per heavy atom. The minimum absolute atomic E-state index is 0.0610. The van der Waals surface area contributed by atoms with Crippen molar-refractivity contribution in [1.29, 1.82) is 0 Å². The number of alkyl halides is 3. The second-order valence-corrected chi connectivity index (χ2v) is 8.39. The van der Waals surface area contributed by atoms with Crippen LogP contribution >= 0.6 is 0 Å². The second-order valence-electron chi connectivity index (χ2n) is 6.60. The molecule has 0 fully saturated rings. The Kier molecular flexibility index (Phi) is 5.80. The van der Waals surface area contributed by atoms with Crippen LogP contribution in [0.2, 0.25) is 0 Å². The van der Waals surface area contributed by atoms with Crippen molar-refractivity contribution in [1.82, 2.24) is 3.97 Å². The number of benzene rings is 2. The Bertz CT molecular complexity index is 1200. The van der Waals surface area contributed by atoms with Crippen molar-refractivity contribution in [3.8, 4) is 5.75 Å². The molecule has 2 aromatic carbocycles. The van der Waals surface area contributed by atoms with Crippen LogP contribution < -0.4 is 4.74 Å². The standard InChI is InChI=1S/C20H18F3NO5S/c1-29-16-5-3-6-17(12-16)30(27,28)24-15(4-2-7-19(25)26)11-13-10-14(20(21,22)23)8-9-18(13)24/h3,5-6,8-12H,2,4,7H2,1H3,(H,25,26). The van der Waals surface area contributed by atoms with Crippen molar-refractivity contribution < 1.29 is 36.2 Å². The van der Waals surface area contributed by atoms with Gasteiger partial charge >= 0.3 is 12.1 Å². The first-order valence-corrected chi connectivity index (χ1v) is 10.3. The molecule has 0 saturated carbocycles. The zero-order chi connectivity index (χ0) is 22.1. The van der Waals surface area contributed by atoms with Crippen molar-refractivity contribution in [2.45, 2.75) is 30.3 Å². The molecule has 10 heteroatoms. The lowest BCUT2D eigenvalue weighted by Crippen LogP contribution is -2.16. The van der Waals surface area contributed by atoms with E-state index in [0.717, 1.165) is 22.2 Å². The number of ether oxygens (including phenoxy) is 1. The van der Waals surface area contributed by atoms with Gasteiger partial charge in [-0.3, -0.25) is 4.79 Å². The monoisotopic (exact) mass is 441 g/mol. The third-order valence-electron chi connectivity index (χ3n) is 4.56. The minimum Gasteiger partial charge on any atom is -0.497 e. The van der Waals surface area contributed by atoms with E-state index >= 15 is 0 Å². The number of aliphatic carboxylic acids is 1. The summed E-state index contributed by atoms with van der Waals surface area (Å²) in [5.74, 6) is -0.744. The average Bonchev–Trinajstić information content (AvgIpc) is 3.05. The number of methoxy groups -OCH3 is 1. The van der Waals surface area contributed by atoms with Crippen LogP contribution in [0.25, 0.3) is 10.9 Å². The molecule has 30 heavy (non-hydrogen) atoms. The number of carbonyl (C=O) groups is 1. The summed E-state index contributed by atoms with van der Waals surface area (Å²) in [6.45, 7) is 0. The van der Waals surface area contributed by atoms with Gasteiger partial charge in [0, 0.05) is 23.6 Å². The second kappa shape index (κ2) is 8.02. The van der Waals surface area contributed by atoms with Gasteiger partial charge in [-0.15, -0.1) is 0 Å². The first kappa shape index (κ1) is 21.7. The summed E-state index contributed by atoms with van der Waals surface area (Å²) in [4.78, 5) is 10.7. The summed E-state index contributed by atoms with van der Waals surface area (Å²) < 4.78 is 72.0.